The summed E-state index contributed by atoms with van der Waals surface area (Å²) in [4.78, 5) is 10.8. The molecule has 5 nitrogen and oxygen atoms in total. The minimum Gasteiger partial charge on any atom is -0.494 e. The van der Waals surface area contributed by atoms with Gasteiger partial charge < -0.3 is 19.4 Å². The first kappa shape index (κ1) is 22.3. The van der Waals surface area contributed by atoms with Crippen LogP contribution in [0.2, 0.25) is 0 Å². The number of nitrogens with one attached hydrogen (secondary N) is 1. The minimum absolute atomic E-state index is 0.650. The van der Waals surface area contributed by atoms with Crippen LogP contribution in [-0.4, -0.2) is 44.2 Å². The lowest BCUT2D eigenvalue weighted by Gasteiger charge is -2.25. The van der Waals surface area contributed by atoms with E-state index in [4.69, 9.17) is 9.57 Å². The van der Waals surface area contributed by atoms with E-state index < -0.39 is 0 Å². The van der Waals surface area contributed by atoms with Crippen molar-refractivity contribution in [2.24, 2.45) is 0 Å². The van der Waals surface area contributed by atoms with E-state index in [0.717, 1.165) is 55.3 Å². The summed E-state index contributed by atoms with van der Waals surface area (Å²) >= 11 is 0. The zero-order valence-electron chi connectivity index (χ0n) is 19.0. The smallest absolute Gasteiger partial charge is 0.158 e. The van der Waals surface area contributed by atoms with Gasteiger partial charge >= 0.3 is 0 Å². The van der Waals surface area contributed by atoms with Crippen LogP contribution in [0.4, 0.5) is 11.4 Å². The predicted octanol–water partition coefficient (Wildman–Crippen LogP) is 5.50. The van der Waals surface area contributed by atoms with Crippen molar-refractivity contribution in [3.8, 4) is 11.5 Å². The number of nitrogens with zero attached hydrogens (tertiary/aromatic N) is 2. The number of ether oxygens (including phenoxy) is 1. The van der Waals surface area contributed by atoms with Crippen LogP contribution in [0.5, 0.6) is 11.5 Å². The molecule has 2 aromatic rings. The van der Waals surface area contributed by atoms with Crippen LogP contribution >= 0.6 is 0 Å². The van der Waals surface area contributed by atoms with Crippen molar-refractivity contribution in [3.63, 3.8) is 0 Å². The maximum atomic E-state index is 5.85. The first-order valence-electron chi connectivity index (χ1n) is 11.3. The van der Waals surface area contributed by atoms with Gasteiger partial charge in [0.2, 0.25) is 0 Å². The first-order valence-corrected chi connectivity index (χ1v) is 11.3. The largest absolute Gasteiger partial charge is 0.494 e. The number of aryl methyl sites for hydroxylation is 1. The van der Waals surface area contributed by atoms with Crippen molar-refractivity contribution in [2.45, 2.75) is 52.5 Å². The van der Waals surface area contributed by atoms with Crippen LogP contribution in [0.15, 0.2) is 42.5 Å². The van der Waals surface area contributed by atoms with Crippen molar-refractivity contribution >= 4 is 11.4 Å². The average molecular weight is 412 g/mol. The molecule has 1 fully saturated rings. The quantitative estimate of drug-likeness (QED) is 0.390. The molecule has 0 saturated carbocycles. The van der Waals surface area contributed by atoms with Crippen molar-refractivity contribution in [3.05, 3.63) is 48.0 Å². The summed E-state index contributed by atoms with van der Waals surface area (Å²) in [6.45, 7) is 10.7. The maximum absolute atomic E-state index is 5.85. The molecule has 30 heavy (non-hydrogen) atoms. The Morgan fingerprint density at radius 2 is 1.90 bits per heavy atom. The molecule has 0 aromatic heterocycles. The van der Waals surface area contributed by atoms with E-state index in [1.807, 2.05) is 24.3 Å². The fourth-order valence-corrected chi connectivity index (χ4v) is 3.88. The average Bonchev–Trinajstić information content (AvgIpc) is 3.25. The van der Waals surface area contributed by atoms with E-state index >= 15 is 0 Å². The first-order chi connectivity index (χ1) is 14.6. The second-order valence-corrected chi connectivity index (χ2v) is 8.25. The molecule has 0 bridgehead atoms. The summed E-state index contributed by atoms with van der Waals surface area (Å²) in [7, 11) is 2.25. The third-order valence-electron chi connectivity index (χ3n) is 5.79. The van der Waals surface area contributed by atoms with Crippen LogP contribution in [0.3, 0.4) is 0 Å². The molecule has 1 aliphatic heterocycles. The lowest BCUT2D eigenvalue weighted by molar-refractivity contribution is 0.259. The summed E-state index contributed by atoms with van der Waals surface area (Å²) in [5.74, 6) is 1.74. The van der Waals surface area contributed by atoms with Crippen LogP contribution in [0.1, 0.15) is 45.1 Å². The zero-order valence-corrected chi connectivity index (χ0v) is 19.0. The summed E-state index contributed by atoms with van der Waals surface area (Å²) in [5.41, 5.74) is 6.36. The number of hydrogen-bond acceptors (Lipinski definition) is 5. The second-order valence-electron chi connectivity index (χ2n) is 8.25. The molecule has 0 spiro atoms. The summed E-state index contributed by atoms with van der Waals surface area (Å²) in [6.07, 6.45) is 4.65. The molecule has 1 heterocycles. The Bertz CT molecular complexity index is 778. The van der Waals surface area contributed by atoms with Gasteiger partial charge in [-0.15, -0.1) is 0 Å². The zero-order chi connectivity index (χ0) is 21.3. The highest BCUT2D eigenvalue weighted by molar-refractivity contribution is 5.54. The highest BCUT2D eigenvalue weighted by Gasteiger charge is 2.25. The lowest BCUT2D eigenvalue weighted by Crippen LogP contribution is -2.35. The fraction of sp³-hybridized carbons (Fsp3) is 0.520. The molecule has 1 saturated heterocycles. The number of hydrogen-bond donors (Lipinski definition) is 1. The molecular weight excluding hydrogens is 374 g/mol. The highest BCUT2D eigenvalue weighted by Crippen LogP contribution is 2.28. The SMILES string of the molecule is CCCCOc1ccc(NOc2ccc(N3CCC(N(C)CCC)C3)cc2C)cc1. The van der Waals surface area contributed by atoms with Gasteiger partial charge in [-0.05, 0) is 87.8 Å². The Hall–Kier alpha value is -2.40. The molecule has 5 heteroatoms. The summed E-state index contributed by atoms with van der Waals surface area (Å²) < 4.78 is 5.70. The van der Waals surface area contributed by atoms with Gasteiger partial charge in [-0.3, -0.25) is 0 Å². The topological polar surface area (TPSA) is 37.0 Å². The third kappa shape index (κ3) is 6.05. The van der Waals surface area contributed by atoms with Gasteiger partial charge in [0.05, 0.1) is 12.3 Å². The van der Waals surface area contributed by atoms with Gasteiger partial charge in [0, 0.05) is 24.8 Å². The second kappa shape index (κ2) is 11.1. The molecule has 1 atom stereocenters. The number of unbranched alkanes of at least 4 members (excludes halogenated alkanes) is 1. The van der Waals surface area contributed by atoms with E-state index in [1.54, 1.807) is 0 Å². The van der Waals surface area contributed by atoms with Crippen LogP contribution in [0.25, 0.3) is 0 Å². The van der Waals surface area contributed by atoms with Crippen molar-refractivity contribution in [2.75, 3.05) is 43.7 Å². The molecule has 1 aliphatic rings. The molecule has 0 aliphatic carbocycles. The van der Waals surface area contributed by atoms with E-state index in [1.165, 1.54) is 25.1 Å². The number of likely N-dealkylation sites (N-methyl/N-ethyl adjacent to an activating group) is 1. The van der Waals surface area contributed by atoms with Crippen molar-refractivity contribution < 1.29 is 9.57 Å². The summed E-state index contributed by atoms with van der Waals surface area (Å²) in [6, 6.07) is 15.0. The van der Waals surface area contributed by atoms with Gasteiger partial charge in [-0.2, -0.15) is 0 Å². The minimum atomic E-state index is 0.650. The van der Waals surface area contributed by atoms with Gasteiger partial charge in [0.1, 0.15) is 5.75 Å². The maximum Gasteiger partial charge on any atom is 0.158 e. The Labute approximate surface area is 181 Å². The summed E-state index contributed by atoms with van der Waals surface area (Å²) in [5, 5.41) is 0. The fourth-order valence-electron chi connectivity index (χ4n) is 3.88. The van der Waals surface area contributed by atoms with Crippen molar-refractivity contribution in [1.82, 2.24) is 4.90 Å². The Morgan fingerprint density at radius 1 is 1.10 bits per heavy atom. The monoisotopic (exact) mass is 411 g/mol. The van der Waals surface area contributed by atoms with E-state index in [-0.39, 0.29) is 0 Å². The molecule has 0 amide bonds. The van der Waals surface area contributed by atoms with E-state index in [9.17, 15) is 0 Å². The molecule has 2 aromatic carbocycles. The standard InChI is InChI=1S/C25H37N3O2/c1-5-7-17-29-24-11-8-21(9-12-24)26-30-25-13-10-22(18-20(25)3)28-16-14-23(19-28)27(4)15-6-2/h8-13,18,23,26H,5-7,14-17,19H2,1-4H3. The van der Waals surface area contributed by atoms with Gasteiger partial charge in [-0.1, -0.05) is 20.3 Å². The van der Waals surface area contributed by atoms with Gasteiger partial charge in [0.15, 0.2) is 5.75 Å². The molecule has 1 unspecified atom stereocenters. The predicted molar refractivity (Wildman–Crippen MR) is 126 cm³/mol. The van der Waals surface area contributed by atoms with E-state index in [2.05, 4.69) is 61.3 Å². The van der Waals surface area contributed by atoms with Gasteiger partial charge in [0.25, 0.3) is 0 Å². The molecular formula is C25H37N3O2. The molecule has 164 valence electrons. The number of rotatable bonds is 11. The van der Waals surface area contributed by atoms with Crippen LogP contribution < -0.4 is 20.0 Å². The Balaban J connectivity index is 1.52. The van der Waals surface area contributed by atoms with Crippen LogP contribution in [-0.2, 0) is 0 Å². The van der Waals surface area contributed by atoms with Crippen LogP contribution in [0, 0.1) is 6.92 Å². The Morgan fingerprint density at radius 3 is 2.60 bits per heavy atom. The third-order valence-corrected chi connectivity index (χ3v) is 5.79. The number of anilines is 2. The molecule has 1 N–H and O–H groups in total. The Kier molecular flexibility index (Phi) is 8.26. The van der Waals surface area contributed by atoms with E-state index in [0.29, 0.717) is 6.04 Å². The van der Waals surface area contributed by atoms with Gasteiger partial charge in [-0.25, -0.2) is 5.48 Å². The highest BCUT2D eigenvalue weighted by atomic mass is 16.6. The van der Waals surface area contributed by atoms with Crippen molar-refractivity contribution in [1.29, 1.82) is 0 Å². The number of benzene rings is 2. The molecule has 3 rings (SSSR count). The normalized spacial score (nSPS) is 16.2. The lowest BCUT2D eigenvalue weighted by atomic mass is 10.2. The molecule has 0 radical (unpaired) electrons.